The first-order chi connectivity index (χ1) is 35.4. The molecule has 8 rings (SSSR count). The summed E-state index contributed by atoms with van der Waals surface area (Å²) >= 11 is 0. The van der Waals surface area contributed by atoms with Gasteiger partial charge in [0.2, 0.25) is 0 Å². The summed E-state index contributed by atoms with van der Waals surface area (Å²) in [4.78, 5) is 6.47. The molecule has 8 N–H and O–H groups in total. The van der Waals surface area contributed by atoms with Gasteiger partial charge >= 0.3 is 0 Å². The quantitative estimate of drug-likeness (QED) is 0.0217. The number of hydrogen-bond acceptors (Lipinski definition) is 23. The van der Waals surface area contributed by atoms with E-state index < -0.39 is 148 Å². The third kappa shape index (κ3) is 11.0. The molecule has 0 spiro atoms. The van der Waals surface area contributed by atoms with Crippen LogP contribution in [0.3, 0.4) is 0 Å². The first-order valence-corrected chi connectivity index (χ1v) is 27.4. The van der Waals surface area contributed by atoms with Gasteiger partial charge in [0.15, 0.2) is 28.6 Å². The number of nitro groups is 1. The number of rotatable bonds is 14. The summed E-state index contributed by atoms with van der Waals surface area (Å²) in [7, 11) is -25.2. The maximum atomic E-state index is 12.5. The number of nitro benzene ring substituents is 1. The highest BCUT2D eigenvalue weighted by atomic mass is 32.2. The summed E-state index contributed by atoms with van der Waals surface area (Å²) in [6, 6.07) is 18.4. The van der Waals surface area contributed by atoms with Gasteiger partial charge in [-0.2, -0.15) is 47.2 Å². The monoisotopic (exact) mass is 1140 g/mol. The van der Waals surface area contributed by atoms with E-state index in [2.05, 4.69) is 40.9 Å². The minimum Gasteiger partial charge on any atom is -0.507 e. The number of phenolic OH excluding ortho intramolecular Hbond substituents is 3. The summed E-state index contributed by atoms with van der Waals surface area (Å²) in [5.41, 5.74) is -5.96. The normalized spacial score (nSPS) is 13.1. The molecule has 0 heterocycles. The van der Waals surface area contributed by atoms with Crippen LogP contribution >= 0.6 is 0 Å². The molecule has 0 saturated carbocycles. The van der Waals surface area contributed by atoms with Gasteiger partial charge in [0.25, 0.3) is 56.3 Å². The second-order valence-corrected chi connectivity index (χ2v) is 22.6. The number of aromatic hydroxyl groups is 3. The van der Waals surface area contributed by atoms with Crippen molar-refractivity contribution >= 4 is 134 Å². The molecule has 0 saturated heterocycles. The lowest BCUT2D eigenvalue weighted by Crippen LogP contribution is -2.00. The summed E-state index contributed by atoms with van der Waals surface area (Å²) in [5.74, 6) is -3.54. The van der Waals surface area contributed by atoms with Crippen LogP contribution in [0, 0.1) is 10.1 Å². The van der Waals surface area contributed by atoms with Crippen molar-refractivity contribution in [1.29, 1.82) is 0 Å². The standard InChI is InChI=1S/C42H27N9O20S5/c52-34-19-27(75(66,67)68)16-21-15-26(74(63,64)65)18-33(36(21)34)46-47-37-38(48-43-22-5-7-23(8-6-22)51(55)56)41(53)40(42(54)39(37)49-44-31-11-12-35(76(69,70)71)30-4-2-1-3-29(30)31)50-45-32-17-25(73(60,61)62)14-20-13-24(72(57,58)59)9-10-28(20)32/h1-19,52-54H,(H,57,58,59)(H,60,61,62)(H,63,64,65)(H,66,67,68)(H,69,70,71). The van der Waals surface area contributed by atoms with E-state index in [1.54, 1.807) is 0 Å². The average molecular weight is 1140 g/mol. The third-order valence-electron chi connectivity index (χ3n) is 10.6. The van der Waals surface area contributed by atoms with Crippen LogP contribution < -0.4 is 0 Å². The lowest BCUT2D eigenvalue weighted by molar-refractivity contribution is -0.384. The fourth-order valence-corrected chi connectivity index (χ4v) is 9.99. The minimum absolute atomic E-state index is 0.00296. The van der Waals surface area contributed by atoms with Crippen LogP contribution in [0.2, 0.25) is 0 Å². The van der Waals surface area contributed by atoms with E-state index in [1.807, 2.05) is 0 Å². The van der Waals surface area contributed by atoms with Crippen LogP contribution in [-0.4, -0.2) is 85.1 Å². The number of azo groups is 4. The van der Waals surface area contributed by atoms with Crippen LogP contribution in [0.4, 0.5) is 51.2 Å². The number of nitrogens with zero attached hydrogens (tertiary/aromatic N) is 9. The van der Waals surface area contributed by atoms with Crippen LogP contribution in [0.25, 0.3) is 32.3 Å². The molecule has 390 valence electrons. The molecule has 34 heteroatoms. The largest absolute Gasteiger partial charge is 0.507 e. The molecule has 8 aromatic rings. The van der Waals surface area contributed by atoms with E-state index >= 15 is 0 Å². The zero-order chi connectivity index (χ0) is 55.4. The molecule has 0 aliphatic rings. The van der Waals surface area contributed by atoms with E-state index in [4.69, 9.17) is 0 Å². The van der Waals surface area contributed by atoms with Gasteiger partial charge in [0.05, 0.1) is 52.6 Å². The Kier molecular flexibility index (Phi) is 13.8. The van der Waals surface area contributed by atoms with E-state index in [0.29, 0.717) is 24.3 Å². The minimum atomic E-state index is -5.22. The number of benzene rings is 8. The molecular weight excluding hydrogens is 1110 g/mol. The van der Waals surface area contributed by atoms with Crippen molar-refractivity contribution < 1.29 is 85.1 Å². The predicted octanol–water partition coefficient (Wildman–Crippen LogP) is 10.1. The van der Waals surface area contributed by atoms with E-state index in [0.717, 1.165) is 66.7 Å². The fraction of sp³-hybridized carbons (Fsp3) is 0. The molecule has 0 aliphatic heterocycles. The third-order valence-corrected chi connectivity index (χ3v) is 14.9. The highest BCUT2D eigenvalue weighted by Crippen LogP contribution is 2.58. The van der Waals surface area contributed by atoms with Crippen molar-refractivity contribution in [2.75, 3.05) is 0 Å². The molecule has 0 bridgehead atoms. The van der Waals surface area contributed by atoms with Gasteiger partial charge in [-0.1, -0.05) is 30.3 Å². The Morgan fingerprint density at radius 3 is 1.43 bits per heavy atom. The molecule has 29 nitrogen and oxygen atoms in total. The van der Waals surface area contributed by atoms with E-state index in [1.165, 1.54) is 24.3 Å². The van der Waals surface area contributed by atoms with Gasteiger partial charge in [0, 0.05) is 34.4 Å². The molecule has 76 heavy (non-hydrogen) atoms. The summed E-state index contributed by atoms with van der Waals surface area (Å²) < 4.78 is 172. The topological polar surface area (TPSA) is 475 Å². The van der Waals surface area contributed by atoms with Crippen LogP contribution in [0.15, 0.2) is 181 Å². The van der Waals surface area contributed by atoms with Crippen LogP contribution in [0.5, 0.6) is 17.2 Å². The number of phenols is 3. The second kappa shape index (κ2) is 19.5. The maximum absolute atomic E-state index is 12.5. The first kappa shape index (κ1) is 53.6. The molecule has 0 aromatic heterocycles. The summed E-state index contributed by atoms with van der Waals surface area (Å²) in [6.07, 6.45) is 0. The molecule has 0 amide bonds. The van der Waals surface area contributed by atoms with Crippen LogP contribution in [-0.2, 0) is 50.6 Å². The van der Waals surface area contributed by atoms with Crippen molar-refractivity contribution in [1.82, 2.24) is 0 Å². The smallest absolute Gasteiger partial charge is 0.295 e. The van der Waals surface area contributed by atoms with Crippen molar-refractivity contribution in [2.45, 2.75) is 24.5 Å². The molecular formula is C42H27N9O20S5. The van der Waals surface area contributed by atoms with Gasteiger partial charge in [-0.15, -0.1) is 35.8 Å². The Hall–Kier alpha value is -8.71. The average Bonchev–Trinajstić information content (AvgIpc) is 3.33. The fourth-order valence-electron chi connectivity index (χ4n) is 7.17. The Morgan fingerprint density at radius 1 is 0.395 bits per heavy atom. The SMILES string of the molecule is O=[N+]([O-])c1ccc(N=Nc2c(O)c(N=Nc3cc(S(=O)(=O)O)cc4cc(S(=O)(=O)O)ccc34)c(O)c(N=Nc3ccc(S(=O)(=O)O)c4ccccc34)c2N=Nc2cc(S(=O)(=O)O)cc3cc(S(=O)(=O)O)cc(O)c23)cc1. The second-order valence-electron chi connectivity index (χ2n) is 15.5. The number of fused-ring (bicyclic) bond motifs is 3. The molecule has 0 fully saturated rings. The zero-order valence-electron chi connectivity index (χ0n) is 37.0. The van der Waals surface area contributed by atoms with Crippen molar-refractivity contribution in [3.63, 3.8) is 0 Å². The number of non-ortho nitro benzene ring substituents is 1. The highest BCUT2D eigenvalue weighted by Gasteiger charge is 2.28. The van der Waals surface area contributed by atoms with Gasteiger partial charge in [-0.3, -0.25) is 32.9 Å². The summed E-state index contributed by atoms with van der Waals surface area (Å²) in [6.45, 7) is 0. The Morgan fingerprint density at radius 2 is 0.868 bits per heavy atom. The van der Waals surface area contributed by atoms with Gasteiger partial charge in [-0.25, -0.2) is 0 Å². The molecule has 0 aliphatic carbocycles. The highest BCUT2D eigenvalue weighted by molar-refractivity contribution is 7.87. The first-order valence-electron chi connectivity index (χ1n) is 20.2. The Bertz CT molecular complexity index is 4550. The molecule has 0 atom stereocenters. The van der Waals surface area contributed by atoms with Crippen molar-refractivity contribution in [3.8, 4) is 17.2 Å². The summed E-state index contributed by atoms with van der Waals surface area (Å²) in [5, 5.41) is 77.0. The van der Waals surface area contributed by atoms with Crippen LogP contribution in [0.1, 0.15) is 0 Å². The molecule has 0 unspecified atom stereocenters. The Balaban J connectivity index is 1.46. The predicted molar refractivity (Wildman–Crippen MR) is 262 cm³/mol. The van der Waals surface area contributed by atoms with Gasteiger partial charge in [0.1, 0.15) is 16.3 Å². The zero-order valence-corrected chi connectivity index (χ0v) is 41.1. The number of hydrogen-bond donors (Lipinski definition) is 8. The van der Waals surface area contributed by atoms with E-state index in [9.17, 15) is 90.3 Å². The molecule has 0 radical (unpaired) electrons. The lowest BCUT2D eigenvalue weighted by Gasteiger charge is -2.12. The van der Waals surface area contributed by atoms with Crippen molar-refractivity contribution in [2.24, 2.45) is 40.9 Å². The lowest BCUT2D eigenvalue weighted by atomic mass is 10.1. The van der Waals surface area contributed by atoms with Crippen molar-refractivity contribution in [3.05, 3.63) is 125 Å². The van der Waals surface area contributed by atoms with E-state index in [-0.39, 0.29) is 32.9 Å². The molecule has 8 aromatic carbocycles. The maximum Gasteiger partial charge on any atom is 0.295 e. The Labute approximate surface area is 425 Å². The van der Waals surface area contributed by atoms with Gasteiger partial charge in [-0.05, 0) is 77.5 Å². The van der Waals surface area contributed by atoms with Gasteiger partial charge < -0.3 is 15.3 Å².